The van der Waals surface area contributed by atoms with Crippen molar-refractivity contribution in [3.05, 3.63) is 41.2 Å². The second-order valence-electron chi connectivity index (χ2n) is 9.21. The number of carbonyl (C=O) groups excluding carboxylic acids is 2. The lowest BCUT2D eigenvalue weighted by molar-refractivity contribution is -0.125. The molecule has 33 heavy (non-hydrogen) atoms. The predicted octanol–water partition coefficient (Wildman–Crippen LogP) is 4.69. The monoisotopic (exact) mass is 497 g/mol. The number of hydrogen-bond donors (Lipinski definition) is 0. The van der Waals surface area contributed by atoms with E-state index in [0.717, 1.165) is 22.7 Å². The number of anilines is 1. The molecule has 0 aromatic heterocycles. The average molecular weight is 498 g/mol. The minimum absolute atomic E-state index is 0.0178. The molecule has 0 saturated carbocycles. The van der Waals surface area contributed by atoms with Gasteiger partial charge in [0.05, 0.1) is 11.3 Å². The molecule has 2 unspecified atom stereocenters. The molecule has 0 radical (unpaired) electrons. The molecule has 2 rings (SSSR count). The topological polar surface area (TPSA) is 87.2 Å². The maximum atomic E-state index is 12.8. The molecular weight excluding hydrogens is 464 g/mol. The first kappa shape index (κ1) is 27.1. The van der Waals surface area contributed by atoms with E-state index in [-0.39, 0.29) is 18.6 Å². The van der Waals surface area contributed by atoms with E-state index in [9.17, 15) is 18.4 Å². The van der Waals surface area contributed by atoms with Crippen LogP contribution in [0.3, 0.4) is 0 Å². The summed E-state index contributed by atoms with van der Waals surface area (Å²) in [6.45, 7) is 10.0. The Morgan fingerprint density at radius 2 is 1.88 bits per heavy atom. The highest BCUT2D eigenvalue weighted by atomic mass is 35.5. The van der Waals surface area contributed by atoms with E-state index < -0.39 is 22.7 Å². The predicted molar refractivity (Wildman–Crippen MR) is 131 cm³/mol. The molecule has 8 nitrogen and oxygen atoms in total. The number of carbonyl (C=O) groups is 2. The molecule has 1 aromatic carbocycles. The van der Waals surface area contributed by atoms with Crippen molar-refractivity contribution in [2.75, 3.05) is 18.5 Å². The third kappa shape index (κ3) is 6.71. The maximum Gasteiger partial charge on any atom is 0.336 e. The summed E-state index contributed by atoms with van der Waals surface area (Å²) in [6.07, 6.45) is 5.37. The van der Waals surface area contributed by atoms with Gasteiger partial charge in [0.1, 0.15) is 6.17 Å². The van der Waals surface area contributed by atoms with Gasteiger partial charge in [0.25, 0.3) is 0 Å². The summed E-state index contributed by atoms with van der Waals surface area (Å²) in [5.41, 5.74) is 1.02. The number of nitrogens with zero attached hydrogens (tertiary/aromatic N) is 4. The van der Waals surface area contributed by atoms with Crippen molar-refractivity contribution >= 4 is 40.5 Å². The van der Waals surface area contributed by atoms with Crippen molar-refractivity contribution in [3.63, 3.8) is 0 Å². The van der Waals surface area contributed by atoms with E-state index in [0.29, 0.717) is 23.7 Å². The summed E-state index contributed by atoms with van der Waals surface area (Å²) in [6, 6.07) is 4.88. The molecule has 0 N–H and O–H groups in total. The Labute approximate surface area is 204 Å². The summed E-state index contributed by atoms with van der Waals surface area (Å²) >= 11 is 3.89. The Balaban J connectivity index is 2.09. The number of benzene rings is 1. The first-order valence-electron chi connectivity index (χ1n) is 11.1. The molecule has 10 heteroatoms. The third-order valence-electron chi connectivity index (χ3n) is 5.60. The number of amides is 3. The molecule has 1 aliphatic rings. The van der Waals surface area contributed by atoms with Crippen molar-refractivity contribution < 1.29 is 18.4 Å². The van der Waals surface area contributed by atoms with Crippen LogP contribution in [0.1, 0.15) is 59.4 Å². The van der Waals surface area contributed by atoms with Gasteiger partial charge in [-0.05, 0) is 31.0 Å². The zero-order valence-electron chi connectivity index (χ0n) is 20.2. The number of rotatable bonds is 8. The summed E-state index contributed by atoms with van der Waals surface area (Å²) in [7, 11) is 1.72. The number of halogens is 1. The molecule has 0 aliphatic carbocycles. The fourth-order valence-electron chi connectivity index (χ4n) is 3.53. The molecule has 0 fully saturated rings. The van der Waals surface area contributed by atoms with Crippen molar-refractivity contribution in [1.82, 2.24) is 14.1 Å². The van der Waals surface area contributed by atoms with Crippen molar-refractivity contribution in [2.45, 2.75) is 66.6 Å². The number of urea groups is 1. The zero-order chi connectivity index (χ0) is 24.9. The standard InChI is InChI=1S/C23H35ClN4O4S/c1-7-8-9-12-28(33(31)32)22(30)27-14-13-26(17(27)2)16-18-10-11-19(15-20(18)24)25(6)21(29)23(3,4)5/h10-11,13-15,17H,7-9,12,16H2,1-6H3,(H,31,32)/p-1. The SMILES string of the molecule is CCCCCN(C(=O)N1C=CN(Cc2ccc(N(C)C(=O)C(C)(C)C)cc2Cl)C1C)S(=O)[O-]. The van der Waals surface area contributed by atoms with E-state index in [1.54, 1.807) is 30.4 Å². The van der Waals surface area contributed by atoms with Gasteiger partial charge in [0.15, 0.2) is 0 Å². The summed E-state index contributed by atoms with van der Waals surface area (Å²) in [4.78, 5) is 30.3. The van der Waals surface area contributed by atoms with Crippen LogP contribution in [0.25, 0.3) is 0 Å². The minimum atomic E-state index is -2.63. The van der Waals surface area contributed by atoms with Crippen LogP contribution < -0.4 is 4.90 Å². The highest BCUT2D eigenvalue weighted by Gasteiger charge is 2.31. The van der Waals surface area contributed by atoms with Crippen LogP contribution in [0.2, 0.25) is 5.02 Å². The van der Waals surface area contributed by atoms with E-state index >= 15 is 0 Å². The summed E-state index contributed by atoms with van der Waals surface area (Å²) < 4.78 is 24.1. The maximum absolute atomic E-state index is 12.8. The second-order valence-corrected chi connectivity index (χ2v) is 10.5. The van der Waals surface area contributed by atoms with Gasteiger partial charge in [-0.15, -0.1) is 0 Å². The van der Waals surface area contributed by atoms with Gasteiger partial charge in [-0.3, -0.25) is 18.2 Å². The summed E-state index contributed by atoms with van der Waals surface area (Å²) in [5.74, 6) is -0.0178. The first-order valence-corrected chi connectivity index (χ1v) is 12.5. The fraction of sp³-hybridized carbons (Fsp3) is 0.565. The van der Waals surface area contributed by atoms with Crippen LogP contribution >= 0.6 is 11.6 Å². The van der Waals surface area contributed by atoms with Gasteiger partial charge in [0.2, 0.25) is 5.91 Å². The molecule has 1 heterocycles. The van der Waals surface area contributed by atoms with Crippen LogP contribution in [0.15, 0.2) is 30.6 Å². The smallest absolute Gasteiger partial charge is 0.336 e. The fourth-order valence-corrected chi connectivity index (χ4v) is 4.27. The van der Waals surface area contributed by atoms with Gasteiger partial charge in [-0.2, -0.15) is 0 Å². The molecule has 0 saturated heterocycles. The normalized spacial score (nSPS) is 16.8. The summed E-state index contributed by atoms with van der Waals surface area (Å²) in [5, 5.41) is 0.508. The quantitative estimate of drug-likeness (QED) is 0.384. The van der Waals surface area contributed by atoms with Gasteiger partial charge in [-0.1, -0.05) is 58.2 Å². The van der Waals surface area contributed by atoms with Crippen LogP contribution in [0, 0.1) is 5.41 Å². The minimum Gasteiger partial charge on any atom is -0.755 e. The molecule has 0 spiro atoms. The van der Waals surface area contributed by atoms with Crippen molar-refractivity contribution in [3.8, 4) is 0 Å². The van der Waals surface area contributed by atoms with Crippen LogP contribution in [0.5, 0.6) is 0 Å². The lowest BCUT2D eigenvalue weighted by Crippen LogP contribution is -2.47. The Kier molecular flexibility index (Phi) is 9.34. The number of hydrogen-bond acceptors (Lipinski definition) is 5. The Morgan fingerprint density at radius 3 is 2.42 bits per heavy atom. The molecule has 184 valence electrons. The van der Waals surface area contributed by atoms with Gasteiger partial charge >= 0.3 is 6.03 Å². The van der Waals surface area contributed by atoms with Crippen LogP contribution in [-0.2, 0) is 22.6 Å². The first-order chi connectivity index (χ1) is 15.4. The lowest BCUT2D eigenvalue weighted by Gasteiger charge is -2.33. The Bertz CT molecular complexity index is 918. The zero-order valence-corrected chi connectivity index (χ0v) is 21.8. The highest BCUT2D eigenvalue weighted by Crippen LogP contribution is 2.29. The third-order valence-corrected chi connectivity index (χ3v) is 6.65. The van der Waals surface area contributed by atoms with Gasteiger partial charge < -0.3 is 14.4 Å². The molecule has 2 atom stereocenters. The second kappa shape index (κ2) is 11.4. The van der Waals surface area contributed by atoms with E-state index in [4.69, 9.17) is 11.6 Å². The Morgan fingerprint density at radius 1 is 1.21 bits per heavy atom. The Hall–Kier alpha value is -2.10. The largest absolute Gasteiger partial charge is 0.755 e. The molecule has 1 aromatic rings. The van der Waals surface area contributed by atoms with Gasteiger partial charge in [0, 0.05) is 48.7 Å². The average Bonchev–Trinajstić information content (AvgIpc) is 3.10. The van der Waals surface area contributed by atoms with Crippen LogP contribution in [0.4, 0.5) is 10.5 Å². The van der Waals surface area contributed by atoms with Gasteiger partial charge in [-0.25, -0.2) is 4.79 Å². The van der Waals surface area contributed by atoms with Crippen LogP contribution in [-0.4, -0.2) is 54.6 Å². The lowest BCUT2D eigenvalue weighted by atomic mass is 9.94. The molecule has 0 bridgehead atoms. The number of unbranched alkanes of at least 4 members (excludes halogenated alkanes) is 2. The van der Waals surface area contributed by atoms with Crippen molar-refractivity contribution in [1.29, 1.82) is 0 Å². The molecule has 1 aliphatic heterocycles. The highest BCUT2D eigenvalue weighted by molar-refractivity contribution is 7.77. The van der Waals surface area contributed by atoms with E-state index in [2.05, 4.69) is 0 Å². The van der Waals surface area contributed by atoms with E-state index in [1.165, 1.54) is 4.90 Å². The van der Waals surface area contributed by atoms with E-state index in [1.807, 2.05) is 51.7 Å². The molecular formula is C23H34ClN4O4S-. The molecule has 3 amide bonds. The van der Waals surface area contributed by atoms with Crippen molar-refractivity contribution in [2.24, 2.45) is 5.41 Å².